The molecule has 33 heavy (non-hydrogen) atoms. The summed E-state index contributed by atoms with van der Waals surface area (Å²) in [5.41, 5.74) is 1.69. The molecule has 0 fully saturated rings. The molecule has 1 heterocycles. The second kappa shape index (κ2) is 12.6. The lowest BCUT2D eigenvalue weighted by Gasteiger charge is -2.14. The molecule has 6 heteroatoms. The Balaban J connectivity index is 1.74. The van der Waals surface area contributed by atoms with E-state index in [9.17, 15) is 4.79 Å². The van der Waals surface area contributed by atoms with Crippen LogP contribution < -0.4 is 14.2 Å². The van der Waals surface area contributed by atoms with E-state index in [2.05, 4.69) is 30.7 Å². The summed E-state index contributed by atoms with van der Waals surface area (Å²) in [5.74, 6) is 1.83. The number of esters is 1. The van der Waals surface area contributed by atoms with Crippen molar-refractivity contribution < 1.29 is 19.0 Å². The number of nitrogens with zero attached hydrogens (tertiary/aromatic N) is 2. The maximum atomic E-state index is 12.8. The van der Waals surface area contributed by atoms with E-state index in [0.29, 0.717) is 47.5 Å². The summed E-state index contributed by atoms with van der Waals surface area (Å²) in [5, 5.41) is 0. The smallest absolute Gasteiger partial charge is 0.343 e. The molecule has 0 spiro atoms. The molecule has 1 atom stereocenters. The van der Waals surface area contributed by atoms with Gasteiger partial charge in [0.15, 0.2) is 0 Å². The molecule has 0 saturated carbocycles. The van der Waals surface area contributed by atoms with Crippen LogP contribution in [0, 0.1) is 5.92 Å². The first-order valence-electron chi connectivity index (χ1n) is 11.6. The molecule has 0 radical (unpaired) electrons. The Morgan fingerprint density at radius 1 is 0.970 bits per heavy atom. The van der Waals surface area contributed by atoms with Gasteiger partial charge >= 0.3 is 5.97 Å². The highest BCUT2D eigenvalue weighted by atomic mass is 16.5. The first kappa shape index (κ1) is 24.2. The molecule has 0 N–H and O–H groups in total. The van der Waals surface area contributed by atoms with Gasteiger partial charge in [0.1, 0.15) is 17.2 Å². The van der Waals surface area contributed by atoms with Crippen LogP contribution in [0.4, 0.5) is 0 Å². The standard InChI is InChI=1S/C27H32N2O4/c1-4-6-7-16-31-22-10-8-21(9-11-22)27(30)33-26-13-12-23(32-19-20(3)5-2)17-24(26)25-18-28-14-15-29-25/h8-15,17-18,20H,4-7,16,19H2,1-3H3. The van der Waals surface area contributed by atoms with E-state index in [4.69, 9.17) is 14.2 Å². The lowest BCUT2D eigenvalue weighted by Crippen LogP contribution is -2.10. The van der Waals surface area contributed by atoms with Gasteiger partial charge in [0, 0.05) is 18.0 Å². The van der Waals surface area contributed by atoms with Gasteiger partial charge in [-0.05, 0) is 54.8 Å². The van der Waals surface area contributed by atoms with Gasteiger partial charge in [0.25, 0.3) is 0 Å². The molecule has 0 aliphatic carbocycles. The van der Waals surface area contributed by atoms with Crippen molar-refractivity contribution in [3.8, 4) is 28.5 Å². The second-order valence-electron chi connectivity index (χ2n) is 8.04. The fourth-order valence-corrected chi connectivity index (χ4v) is 3.07. The van der Waals surface area contributed by atoms with Crippen molar-refractivity contribution in [3.63, 3.8) is 0 Å². The van der Waals surface area contributed by atoms with Crippen molar-refractivity contribution in [2.75, 3.05) is 13.2 Å². The van der Waals surface area contributed by atoms with Gasteiger partial charge in [-0.15, -0.1) is 0 Å². The zero-order valence-corrected chi connectivity index (χ0v) is 19.6. The van der Waals surface area contributed by atoms with E-state index in [-0.39, 0.29) is 0 Å². The summed E-state index contributed by atoms with van der Waals surface area (Å²) < 4.78 is 17.4. The first-order chi connectivity index (χ1) is 16.1. The highest BCUT2D eigenvalue weighted by molar-refractivity contribution is 5.92. The van der Waals surface area contributed by atoms with Crippen molar-refractivity contribution in [2.45, 2.75) is 46.5 Å². The molecule has 1 unspecified atom stereocenters. The summed E-state index contributed by atoms with van der Waals surface area (Å²) in [7, 11) is 0. The van der Waals surface area contributed by atoms with Crippen molar-refractivity contribution in [1.82, 2.24) is 9.97 Å². The van der Waals surface area contributed by atoms with Crippen LogP contribution in [0.1, 0.15) is 56.8 Å². The van der Waals surface area contributed by atoms with Gasteiger partial charge in [-0.25, -0.2) is 4.79 Å². The minimum Gasteiger partial charge on any atom is -0.494 e. The average molecular weight is 449 g/mol. The Bertz CT molecular complexity index is 1010. The second-order valence-corrected chi connectivity index (χ2v) is 8.04. The first-order valence-corrected chi connectivity index (χ1v) is 11.6. The van der Waals surface area contributed by atoms with Gasteiger partial charge < -0.3 is 14.2 Å². The van der Waals surface area contributed by atoms with Crippen LogP contribution in [0.5, 0.6) is 17.2 Å². The van der Waals surface area contributed by atoms with Crippen LogP contribution >= 0.6 is 0 Å². The third-order valence-corrected chi connectivity index (χ3v) is 5.33. The Labute approximate surface area is 196 Å². The van der Waals surface area contributed by atoms with Crippen molar-refractivity contribution in [1.29, 1.82) is 0 Å². The summed E-state index contributed by atoms with van der Waals surface area (Å²) in [6.07, 6.45) is 9.18. The molecule has 6 nitrogen and oxygen atoms in total. The van der Waals surface area contributed by atoms with E-state index in [1.54, 1.807) is 55.0 Å². The van der Waals surface area contributed by atoms with Gasteiger partial charge in [-0.2, -0.15) is 0 Å². The normalized spacial score (nSPS) is 11.6. The number of rotatable bonds is 12. The topological polar surface area (TPSA) is 70.5 Å². The zero-order valence-electron chi connectivity index (χ0n) is 19.6. The van der Waals surface area contributed by atoms with E-state index in [0.717, 1.165) is 31.4 Å². The Morgan fingerprint density at radius 2 is 1.76 bits per heavy atom. The number of hydrogen-bond donors (Lipinski definition) is 0. The summed E-state index contributed by atoms with van der Waals surface area (Å²) >= 11 is 0. The molecule has 174 valence electrons. The lowest BCUT2D eigenvalue weighted by atomic mass is 10.1. The minimum atomic E-state index is -0.453. The van der Waals surface area contributed by atoms with E-state index >= 15 is 0 Å². The largest absolute Gasteiger partial charge is 0.494 e. The molecule has 0 bridgehead atoms. The molecule has 0 aliphatic heterocycles. The molecule has 0 aliphatic rings. The third-order valence-electron chi connectivity index (χ3n) is 5.33. The Morgan fingerprint density at radius 3 is 2.45 bits per heavy atom. The summed E-state index contributed by atoms with van der Waals surface area (Å²) in [4.78, 5) is 21.3. The predicted octanol–water partition coefficient (Wildman–Crippen LogP) is 6.36. The monoisotopic (exact) mass is 448 g/mol. The third kappa shape index (κ3) is 7.31. The van der Waals surface area contributed by atoms with Crippen LogP contribution in [0.3, 0.4) is 0 Å². The number of aromatic nitrogens is 2. The number of unbranched alkanes of at least 4 members (excludes halogenated alkanes) is 2. The summed E-state index contributed by atoms with van der Waals surface area (Å²) in [6, 6.07) is 12.4. The molecule has 0 amide bonds. The highest BCUT2D eigenvalue weighted by Crippen LogP contribution is 2.33. The number of carbonyl (C=O) groups excluding carboxylic acids is 1. The van der Waals surface area contributed by atoms with Crippen LogP contribution in [-0.4, -0.2) is 29.2 Å². The zero-order chi connectivity index (χ0) is 23.5. The molecule has 3 aromatic rings. The quantitative estimate of drug-likeness (QED) is 0.182. The number of ether oxygens (including phenoxy) is 3. The number of carbonyl (C=O) groups is 1. The lowest BCUT2D eigenvalue weighted by molar-refractivity contribution is 0.0735. The molecule has 2 aromatic carbocycles. The molecule has 1 aromatic heterocycles. The van der Waals surface area contributed by atoms with E-state index < -0.39 is 5.97 Å². The maximum absolute atomic E-state index is 12.8. The fraction of sp³-hybridized carbons (Fsp3) is 0.370. The van der Waals surface area contributed by atoms with Crippen molar-refractivity contribution in [2.24, 2.45) is 5.92 Å². The van der Waals surface area contributed by atoms with Gasteiger partial charge in [-0.3, -0.25) is 9.97 Å². The minimum absolute atomic E-state index is 0.399. The van der Waals surface area contributed by atoms with Crippen LogP contribution in [0.15, 0.2) is 61.1 Å². The van der Waals surface area contributed by atoms with Crippen molar-refractivity contribution >= 4 is 5.97 Å². The van der Waals surface area contributed by atoms with Gasteiger partial charge in [-0.1, -0.05) is 40.0 Å². The fourth-order valence-electron chi connectivity index (χ4n) is 3.07. The Kier molecular flexibility index (Phi) is 9.24. The Hall–Kier alpha value is -3.41. The number of benzene rings is 2. The molecule has 3 rings (SSSR count). The van der Waals surface area contributed by atoms with Gasteiger partial charge in [0.2, 0.25) is 0 Å². The van der Waals surface area contributed by atoms with Crippen molar-refractivity contribution in [3.05, 3.63) is 66.6 Å². The van der Waals surface area contributed by atoms with Crippen LogP contribution in [-0.2, 0) is 0 Å². The average Bonchev–Trinajstić information content (AvgIpc) is 2.86. The van der Waals surface area contributed by atoms with Gasteiger partial charge in [0.05, 0.1) is 30.7 Å². The highest BCUT2D eigenvalue weighted by Gasteiger charge is 2.16. The predicted molar refractivity (Wildman–Crippen MR) is 129 cm³/mol. The molecule has 0 saturated heterocycles. The maximum Gasteiger partial charge on any atom is 0.343 e. The molecular formula is C27H32N2O4. The van der Waals surface area contributed by atoms with E-state index in [1.165, 1.54) is 0 Å². The van der Waals surface area contributed by atoms with Crippen LogP contribution in [0.25, 0.3) is 11.3 Å². The molecular weight excluding hydrogens is 416 g/mol. The summed E-state index contributed by atoms with van der Waals surface area (Å²) in [6.45, 7) is 7.71. The SMILES string of the molecule is CCCCCOc1ccc(C(=O)Oc2ccc(OCC(C)CC)cc2-c2cnccn2)cc1. The van der Waals surface area contributed by atoms with E-state index in [1.807, 2.05) is 6.07 Å². The number of hydrogen-bond acceptors (Lipinski definition) is 6. The van der Waals surface area contributed by atoms with Crippen LogP contribution in [0.2, 0.25) is 0 Å².